The van der Waals surface area contributed by atoms with Crippen molar-refractivity contribution in [2.75, 3.05) is 0 Å². The molecule has 0 fully saturated rings. The largest absolute Gasteiger partial charge is 0.524 e. The second kappa shape index (κ2) is 15.1. The van der Waals surface area contributed by atoms with E-state index in [1.807, 2.05) is 12.1 Å². The summed E-state index contributed by atoms with van der Waals surface area (Å²) >= 11 is 0. The maximum absolute atomic E-state index is 10.8. The zero-order valence-corrected chi connectivity index (χ0v) is 18.0. The van der Waals surface area contributed by atoms with Gasteiger partial charge in [-0.3, -0.25) is 9.79 Å². The molecule has 0 amide bonds. The third kappa shape index (κ3) is 14.8. The van der Waals surface area contributed by atoms with Crippen LogP contribution in [0.3, 0.4) is 0 Å². The van der Waals surface area contributed by atoms with Gasteiger partial charge in [0.25, 0.3) is 0 Å². The van der Waals surface area contributed by atoms with Crippen LogP contribution in [-0.4, -0.2) is 9.79 Å². The van der Waals surface area contributed by atoms with Gasteiger partial charge in [-0.05, 0) is 30.5 Å². The van der Waals surface area contributed by atoms with Crippen LogP contribution in [0.15, 0.2) is 24.3 Å². The minimum Gasteiger partial charge on any atom is -0.404 e. The topological polar surface area (TPSA) is 66.8 Å². The lowest BCUT2D eigenvalue weighted by molar-refractivity contribution is 0.283. The van der Waals surface area contributed by atoms with Gasteiger partial charge in [0, 0.05) is 0 Å². The van der Waals surface area contributed by atoms with Crippen LogP contribution < -0.4 is 4.52 Å². The molecule has 0 aliphatic heterocycles. The minimum absolute atomic E-state index is 0.216. The standard InChI is InChI=1S/C22H39O4P/c1-2-3-4-5-6-7-8-9-10-11-12-13-14-15-16-21-17-19-22(20-18-21)26-27(23,24)25/h17-20H,2-16H2,1H3,(H2,23,24,25). The Labute approximate surface area is 166 Å². The number of phosphoric ester groups is 1. The second-order valence-corrected chi connectivity index (χ2v) is 8.74. The lowest BCUT2D eigenvalue weighted by Gasteiger charge is -2.07. The molecule has 0 aliphatic carbocycles. The molecule has 0 aliphatic rings. The maximum atomic E-state index is 10.8. The predicted octanol–water partition coefficient (Wildman–Crippen LogP) is 7.18. The van der Waals surface area contributed by atoms with Gasteiger partial charge < -0.3 is 4.52 Å². The SMILES string of the molecule is CCCCCCCCCCCCCCCCc1ccc(OP(=O)(O)O)cc1. The van der Waals surface area contributed by atoms with Gasteiger partial charge >= 0.3 is 7.82 Å². The highest BCUT2D eigenvalue weighted by molar-refractivity contribution is 7.46. The number of hydrogen-bond donors (Lipinski definition) is 2. The van der Waals surface area contributed by atoms with E-state index in [4.69, 9.17) is 9.79 Å². The van der Waals surface area contributed by atoms with Crippen molar-refractivity contribution in [1.82, 2.24) is 0 Å². The lowest BCUT2D eigenvalue weighted by atomic mass is 10.0. The summed E-state index contributed by atoms with van der Waals surface area (Å²) in [6.45, 7) is 2.27. The summed E-state index contributed by atoms with van der Waals surface area (Å²) in [6.07, 6.45) is 20.0. The fourth-order valence-electron chi connectivity index (χ4n) is 3.38. The Hall–Kier alpha value is -0.830. The highest BCUT2D eigenvalue weighted by atomic mass is 31.2. The fraction of sp³-hybridized carbons (Fsp3) is 0.727. The third-order valence-electron chi connectivity index (χ3n) is 4.97. The van der Waals surface area contributed by atoms with Crippen LogP contribution in [0.4, 0.5) is 0 Å². The van der Waals surface area contributed by atoms with E-state index in [0.29, 0.717) is 0 Å². The van der Waals surface area contributed by atoms with E-state index in [2.05, 4.69) is 11.4 Å². The van der Waals surface area contributed by atoms with Gasteiger partial charge in [-0.25, -0.2) is 4.57 Å². The molecule has 0 aromatic heterocycles. The van der Waals surface area contributed by atoms with E-state index in [-0.39, 0.29) is 5.75 Å². The van der Waals surface area contributed by atoms with Gasteiger partial charge in [0.15, 0.2) is 0 Å². The normalized spacial score (nSPS) is 11.7. The molecule has 156 valence electrons. The number of rotatable bonds is 17. The monoisotopic (exact) mass is 398 g/mol. The van der Waals surface area contributed by atoms with Gasteiger partial charge in [-0.1, -0.05) is 103 Å². The molecule has 1 aromatic carbocycles. The van der Waals surface area contributed by atoms with Crippen molar-refractivity contribution < 1.29 is 18.9 Å². The molecule has 0 heterocycles. The van der Waals surface area contributed by atoms with Gasteiger partial charge in [0.05, 0.1) is 0 Å². The third-order valence-corrected chi connectivity index (χ3v) is 5.42. The van der Waals surface area contributed by atoms with Gasteiger partial charge in [0.2, 0.25) is 0 Å². The fourth-order valence-corrected chi connectivity index (χ4v) is 3.77. The van der Waals surface area contributed by atoms with Crippen molar-refractivity contribution in [3.05, 3.63) is 29.8 Å². The second-order valence-electron chi connectivity index (χ2n) is 7.57. The number of phosphoric acid groups is 1. The molecule has 1 rings (SSSR count). The van der Waals surface area contributed by atoms with Crippen molar-refractivity contribution in [2.24, 2.45) is 0 Å². The Bertz CT molecular complexity index is 510. The summed E-state index contributed by atoms with van der Waals surface area (Å²) < 4.78 is 15.3. The van der Waals surface area contributed by atoms with Gasteiger partial charge in [-0.2, -0.15) is 0 Å². The Morgan fingerprint density at radius 2 is 1.11 bits per heavy atom. The number of unbranched alkanes of at least 4 members (excludes halogenated alkanes) is 13. The summed E-state index contributed by atoms with van der Waals surface area (Å²) in [4.78, 5) is 17.5. The van der Waals surface area contributed by atoms with E-state index in [1.165, 1.54) is 89.0 Å². The summed E-state index contributed by atoms with van der Waals surface area (Å²) in [6, 6.07) is 7.01. The summed E-state index contributed by atoms with van der Waals surface area (Å²) in [5.74, 6) is 0.216. The van der Waals surface area contributed by atoms with Crippen LogP contribution in [0.25, 0.3) is 0 Å². The Balaban J connectivity index is 1.91. The smallest absolute Gasteiger partial charge is 0.404 e. The predicted molar refractivity (Wildman–Crippen MR) is 113 cm³/mol. The van der Waals surface area contributed by atoms with Crippen molar-refractivity contribution in [3.63, 3.8) is 0 Å². The number of benzene rings is 1. The van der Waals surface area contributed by atoms with E-state index in [0.717, 1.165) is 12.8 Å². The maximum Gasteiger partial charge on any atom is 0.524 e. The molecule has 0 saturated heterocycles. The summed E-state index contributed by atoms with van der Waals surface area (Å²) in [5, 5.41) is 0. The van der Waals surface area contributed by atoms with Crippen LogP contribution in [-0.2, 0) is 11.0 Å². The Morgan fingerprint density at radius 1 is 0.704 bits per heavy atom. The zero-order valence-electron chi connectivity index (χ0n) is 17.1. The molecular weight excluding hydrogens is 359 g/mol. The van der Waals surface area contributed by atoms with Crippen LogP contribution in [0, 0.1) is 0 Å². The molecule has 0 spiro atoms. The first-order valence-electron chi connectivity index (χ1n) is 10.9. The van der Waals surface area contributed by atoms with E-state index < -0.39 is 7.82 Å². The van der Waals surface area contributed by atoms with Gasteiger partial charge in [-0.15, -0.1) is 0 Å². The van der Waals surface area contributed by atoms with E-state index in [9.17, 15) is 4.57 Å². The molecule has 0 saturated carbocycles. The Kier molecular flexibility index (Phi) is 13.6. The van der Waals surface area contributed by atoms with E-state index >= 15 is 0 Å². The molecule has 2 N–H and O–H groups in total. The average molecular weight is 399 g/mol. The van der Waals surface area contributed by atoms with Crippen LogP contribution in [0.1, 0.15) is 102 Å². The molecule has 5 heteroatoms. The molecule has 0 bridgehead atoms. The van der Waals surface area contributed by atoms with Crippen molar-refractivity contribution in [2.45, 2.75) is 103 Å². The molecular formula is C22H39O4P. The van der Waals surface area contributed by atoms with Crippen molar-refractivity contribution in [1.29, 1.82) is 0 Å². The number of hydrogen-bond acceptors (Lipinski definition) is 2. The molecule has 0 radical (unpaired) electrons. The lowest BCUT2D eigenvalue weighted by Crippen LogP contribution is -1.91. The number of aryl methyl sites for hydroxylation is 1. The first kappa shape index (κ1) is 24.2. The summed E-state index contributed by atoms with van der Waals surface area (Å²) in [7, 11) is -4.46. The van der Waals surface area contributed by atoms with Crippen LogP contribution in [0.5, 0.6) is 5.75 Å². The molecule has 1 aromatic rings. The van der Waals surface area contributed by atoms with Crippen molar-refractivity contribution >= 4 is 7.82 Å². The minimum atomic E-state index is -4.46. The summed E-state index contributed by atoms with van der Waals surface area (Å²) in [5.41, 5.74) is 1.19. The molecule has 27 heavy (non-hydrogen) atoms. The zero-order chi connectivity index (χ0) is 19.8. The van der Waals surface area contributed by atoms with Gasteiger partial charge in [0.1, 0.15) is 5.75 Å². The first-order chi connectivity index (χ1) is 13.0. The average Bonchev–Trinajstić information content (AvgIpc) is 2.62. The molecule has 0 unspecified atom stereocenters. The van der Waals surface area contributed by atoms with Crippen molar-refractivity contribution in [3.8, 4) is 5.75 Å². The van der Waals surface area contributed by atoms with E-state index in [1.54, 1.807) is 12.1 Å². The van der Waals surface area contributed by atoms with Crippen LogP contribution >= 0.6 is 7.82 Å². The highest BCUT2D eigenvalue weighted by Crippen LogP contribution is 2.37. The quantitative estimate of drug-likeness (QED) is 0.215. The highest BCUT2D eigenvalue weighted by Gasteiger charge is 2.15. The van der Waals surface area contributed by atoms with Crippen LogP contribution in [0.2, 0.25) is 0 Å². The Morgan fingerprint density at radius 3 is 1.52 bits per heavy atom. The molecule has 4 nitrogen and oxygen atoms in total. The molecule has 0 atom stereocenters. The first-order valence-corrected chi connectivity index (χ1v) is 12.4.